The van der Waals surface area contributed by atoms with Crippen molar-refractivity contribution in [3.63, 3.8) is 0 Å². The van der Waals surface area contributed by atoms with Gasteiger partial charge in [-0.25, -0.2) is 0 Å². The van der Waals surface area contributed by atoms with Crippen LogP contribution >= 0.6 is 7.37 Å². The lowest BCUT2D eigenvalue weighted by atomic mass is 10.4. The van der Waals surface area contributed by atoms with Crippen molar-refractivity contribution in [1.82, 2.24) is 0 Å². The predicted octanol–water partition coefficient (Wildman–Crippen LogP) is 1.01. The van der Waals surface area contributed by atoms with Crippen molar-refractivity contribution in [2.75, 3.05) is 26.0 Å². The monoisotopic (exact) mass is 224 g/mol. The fourth-order valence-corrected chi connectivity index (χ4v) is 3.74. The van der Waals surface area contributed by atoms with Gasteiger partial charge >= 0.3 is 0 Å². The van der Waals surface area contributed by atoms with Gasteiger partial charge in [0.1, 0.15) is 0 Å². The maximum Gasteiger partial charge on any atom is 0.260 e. The Labute approximate surface area is 83.8 Å². The topological polar surface area (TPSA) is 65.0 Å². The van der Waals surface area contributed by atoms with Gasteiger partial charge in [0, 0.05) is 6.61 Å². The van der Waals surface area contributed by atoms with Gasteiger partial charge in [-0.1, -0.05) is 0 Å². The molecule has 84 valence electrons. The minimum absolute atomic E-state index is 0.152. The Bertz CT molecular complexity index is 220. The summed E-state index contributed by atoms with van der Waals surface area (Å²) in [6.45, 7) is 4.20. The minimum atomic E-state index is -2.87. The summed E-state index contributed by atoms with van der Waals surface area (Å²) in [6.07, 6.45) is -0.189. The van der Waals surface area contributed by atoms with Gasteiger partial charge in [0.05, 0.1) is 25.5 Å². The van der Waals surface area contributed by atoms with Gasteiger partial charge in [0.25, 0.3) is 7.37 Å². The van der Waals surface area contributed by atoms with Crippen LogP contribution in [-0.2, 0) is 18.6 Å². The first-order chi connectivity index (χ1) is 6.66. The summed E-state index contributed by atoms with van der Waals surface area (Å²) in [5.41, 5.74) is 0. The summed E-state index contributed by atoms with van der Waals surface area (Å²) >= 11 is 0. The second kappa shape index (κ2) is 5.24. The maximum atomic E-state index is 12.1. The Hall–Kier alpha value is 0.0700. The highest BCUT2D eigenvalue weighted by atomic mass is 31.2. The molecule has 1 N–H and O–H groups in total. The van der Waals surface area contributed by atoms with Crippen LogP contribution in [0.25, 0.3) is 0 Å². The molecule has 0 saturated carbocycles. The van der Waals surface area contributed by atoms with Gasteiger partial charge in [0.15, 0.2) is 0 Å². The van der Waals surface area contributed by atoms with Gasteiger partial charge in [-0.3, -0.25) is 4.57 Å². The van der Waals surface area contributed by atoms with E-state index in [0.717, 1.165) is 0 Å². The molecular formula is C8H17O5P. The zero-order valence-electron chi connectivity index (χ0n) is 8.51. The van der Waals surface area contributed by atoms with E-state index >= 15 is 0 Å². The zero-order valence-corrected chi connectivity index (χ0v) is 9.40. The van der Waals surface area contributed by atoms with Crippen molar-refractivity contribution in [3.8, 4) is 0 Å². The third-order valence-electron chi connectivity index (χ3n) is 1.95. The molecule has 0 aliphatic carbocycles. The molecule has 14 heavy (non-hydrogen) atoms. The van der Waals surface area contributed by atoms with E-state index in [1.165, 1.54) is 0 Å². The molecule has 0 unspecified atom stereocenters. The van der Waals surface area contributed by atoms with Crippen molar-refractivity contribution in [1.29, 1.82) is 0 Å². The second-order valence-corrected chi connectivity index (χ2v) is 5.53. The predicted molar refractivity (Wildman–Crippen MR) is 51.5 cm³/mol. The number of aliphatic hydroxyl groups is 1. The van der Waals surface area contributed by atoms with Gasteiger partial charge in [-0.2, -0.15) is 0 Å². The van der Waals surface area contributed by atoms with Crippen LogP contribution in [0.1, 0.15) is 13.8 Å². The van der Waals surface area contributed by atoms with Crippen LogP contribution in [-0.4, -0.2) is 43.2 Å². The minimum Gasteiger partial charge on any atom is -0.394 e. The van der Waals surface area contributed by atoms with Crippen molar-refractivity contribution < 1.29 is 23.7 Å². The van der Waals surface area contributed by atoms with E-state index < -0.39 is 19.5 Å². The third-order valence-corrected chi connectivity index (χ3v) is 4.47. The molecule has 1 rings (SSSR count). The Kier molecular flexibility index (Phi) is 4.54. The number of hydrogen-bond acceptors (Lipinski definition) is 5. The van der Waals surface area contributed by atoms with Crippen molar-refractivity contribution in [2.45, 2.75) is 26.0 Å². The average molecular weight is 224 g/mol. The summed E-state index contributed by atoms with van der Waals surface area (Å²) in [6, 6.07) is -0.801. The van der Waals surface area contributed by atoms with Crippen molar-refractivity contribution in [2.24, 2.45) is 0 Å². The highest BCUT2D eigenvalue weighted by molar-refractivity contribution is 7.59. The lowest BCUT2D eigenvalue weighted by Crippen LogP contribution is -2.17. The number of aliphatic hydroxyl groups excluding tert-OH is 1. The number of rotatable bonds is 5. The first-order valence-corrected chi connectivity index (χ1v) is 6.65. The first kappa shape index (κ1) is 12.1. The highest BCUT2D eigenvalue weighted by Gasteiger charge is 2.46. The Morgan fingerprint density at radius 2 is 2.21 bits per heavy atom. The lowest BCUT2D eigenvalue weighted by Gasteiger charge is -2.17. The standard InChI is InChI=1S/C8H17O5P/c1-3-11-8-13-7(5-9)6-14(8,10)12-4-2/h7-9H,3-6H2,1-2H3/t7-,8+,14+/m0/s1. The quantitative estimate of drug-likeness (QED) is 0.706. The van der Waals surface area contributed by atoms with Gasteiger partial charge < -0.3 is 19.1 Å². The largest absolute Gasteiger partial charge is 0.394 e. The number of ether oxygens (including phenoxy) is 2. The molecule has 1 heterocycles. The molecule has 1 fully saturated rings. The second-order valence-electron chi connectivity index (χ2n) is 3.03. The van der Waals surface area contributed by atoms with Gasteiger partial charge in [-0.15, -0.1) is 0 Å². The Morgan fingerprint density at radius 1 is 1.50 bits per heavy atom. The van der Waals surface area contributed by atoms with E-state index in [2.05, 4.69) is 0 Å². The van der Waals surface area contributed by atoms with Crippen LogP contribution in [0.3, 0.4) is 0 Å². The van der Waals surface area contributed by atoms with E-state index in [1.807, 2.05) is 0 Å². The maximum absolute atomic E-state index is 12.1. The van der Waals surface area contributed by atoms with Crippen LogP contribution in [0.15, 0.2) is 0 Å². The molecule has 3 atom stereocenters. The molecule has 0 bridgehead atoms. The van der Waals surface area contributed by atoms with Crippen molar-refractivity contribution in [3.05, 3.63) is 0 Å². The van der Waals surface area contributed by atoms with E-state index in [9.17, 15) is 4.57 Å². The van der Waals surface area contributed by atoms with Crippen LogP contribution in [0, 0.1) is 0 Å². The molecule has 0 aromatic heterocycles. The molecule has 0 spiro atoms. The Morgan fingerprint density at radius 3 is 2.71 bits per heavy atom. The first-order valence-electron chi connectivity index (χ1n) is 4.77. The average Bonchev–Trinajstić information content (AvgIpc) is 2.45. The summed E-state index contributed by atoms with van der Waals surface area (Å²) < 4.78 is 27.7. The molecule has 1 aliphatic heterocycles. The zero-order chi connectivity index (χ0) is 10.6. The summed E-state index contributed by atoms with van der Waals surface area (Å²) in [5.74, 6) is 0. The summed E-state index contributed by atoms with van der Waals surface area (Å²) in [7, 11) is -2.87. The fraction of sp³-hybridized carbons (Fsp3) is 1.00. The smallest absolute Gasteiger partial charge is 0.260 e. The molecule has 0 aromatic carbocycles. The highest BCUT2D eigenvalue weighted by Crippen LogP contribution is 2.58. The summed E-state index contributed by atoms with van der Waals surface area (Å²) in [5, 5.41) is 8.90. The number of hydrogen-bond donors (Lipinski definition) is 1. The molecular weight excluding hydrogens is 207 g/mol. The lowest BCUT2D eigenvalue weighted by molar-refractivity contribution is -0.111. The van der Waals surface area contributed by atoms with E-state index in [1.54, 1.807) is 13.8 Å². The van der Waals surface area contributed by atoms with E-state index in [-0.39, 0.29) is 12.8 Å². The summed E-state index contributed by atoms with van der Waals surface area (Å²) in [4.78, 5) is 0. The van der Waals surface area contributed by atoms with Crippen LogP contribution in [0.2, 0.25) is 0 Å². The van der Waals surface area contributed by atoms with E-state index in [4.69, 9.17) is 19.1 Å². The molecule has 1 aliphatic rings. The van der Waals surface area contributed by atoms with Crippen molar-refractivity contribution >= 4 is 7.37 Å². The van der Waals surface area contributed by atoms with Crippen LogP contribution in [0.5, 0.6) is 0 Å². The fourth-order valence-electron chi connectivity index (χ4n) is 1.40. The molecule has 6 heteroatoms. The van der Waals surface area contributed by atoms with Gasteiger partial charge in [0.2, 0.25) is 6.03 Å². The SMILES string of the molecule is CCO[C@@H]1O[C@@H](CO)C[P@@]1(=O)OCC. The van der Waals surface area contributed by atoms with Gasteiger partial charge in [-0.05, 0) is 13.8 Å². The molecule has 1 saturated heterocycles. The normalized spacial score (nSPS) is 37.6. The van der Waals surface area contributed by atoms with Crippen LogP contribution < -0.4 is 0 Å². The van der Waals surface area contributed by atoms with E-state index in [0.29, 0.717) is 13.2 Å². The Balaban J connectivity index is 2.65. The molecule has 0 radical (unpaired) electrons. The third kappa shape index (κ3) is 2.55. The molecule has 5 nitrogen and oxygen atoms in total. The molecule has 0 amide bonds. The van der Waals surface area contributed by atoms with Crippen LogP contribution in [0.4, 0.5) is 0 Å². The molecule has 0 aromatic rings.